The molecule has 192 valence electrons. The average Bonchev–Trinajstić information content (AvgIpc) is 2.79. The van der Waals surface area contributed by atoms with Crippen LogP contribution in [0.1, 0.15) is 136 Å². The van der Waals surface area contributed by atoms with E-state index in [4.69, 9.17) is 9.47 Å². The molecule has 0 saturated carbocycles. The zero-order valence-corrected chi connectivity index (χ0v) is 22.7. The SMILES string of the molecule is CCCCCCCCCCCCCCCCCOCC(CC(C)(C)C)OCc1ccccc1. The van der Waals surface area contributed by atoms with Gasteiger partial charge in [0.1, 0.15) is 0 Å². The second kappa shape index (κ2) is 20.5. The molecule has 0 spiro atoms. The van der Waals surface area contributed by atoms with Crippen LogP contribution in [0.15, 0.2) is 30.3 Å². The molecule has 0 aromatic heterocycles. The predicted octanol–water partition coefficient (Wildman–Crippen LogP) is 9.90. The van der Waals surface area contributed by atoms with Crippen molar-refractivity contribution in [1.29, 1.82) is 0 Å². The molecule has 0 bridgehead atoms. The van der Waals surface area contributed by atoms with Crippen LogP contribution in [-0.4, -0.2) is 19.3 Å². The Hall–Kier alpha value is -0.860. The smallest absolute Gasteiger partial charge is 0.0818 e. The van der Waals surface area contributed by atoms with Crippen LogP contribution in [0, 0.1) is 5.41 Å². The van der Waals surface area contributed by atoms with E-state index in [0.717, 1.165) is 13.0 Å². The van der Waals surface area contributed by atoms with Crippen molar-refractivity contribution in [3.8, 4) is 0 Å². The highest BCUT2D eigenvalue weighted by Crippen LogP contribution is 2.23. The number of benzene rings is 1. The van der Waals surface area contributed by atoms with E-state index in [1.807, 2.05) is 0 Å². The van der Waals surface area contributed by atoms with Crippen molar-refractivity contribution in [2.24, 2.45) is 5.41 Å². The van der Waals surface area contributed by atoms with Gasteiger partial charge in [0.25, 0.3) is 0 Å². The van der Waals surface area contributed by atoms with Gasteiger partial charge in [0.15, 0.2) is 0 Å². The molecule has 0 aliphatic heterocycles. The lowest BCUT2D eigenvalue weighted by Crippen LogP contribution is -2.26. The monoisotopic (exact) mass is 460 g/mol. The molecule has 33 heavy (non-hydrogen) atoms. The highest BCUT2D eigenvalue weighted by atomic mass is 16.5. The Morgan fingerprint density at radius 1 is 0.667 bits per heavy atom. The average molecular weight is 461 g/mol. The normalized spacial score (nSPS) is 12.8. The Labute approximate surface area is 207 Å². The summed E-state index contributed by atoms with van der Waals surface area (Å²) < 4.78 is 12.2. The Morgan fingerprint density at radius 3 is 1.64 bits per heavy atom. The lowest BCUT2D eigenvalue weighted by atomic mass is 9.89. The molecule has 2 nitrogen and oxygen atoms in total. The zero-order valence-electron chi connectivity index (χ0n) is 22.7. The van der Waals surface area contributed by atoms with E-state index < -0.39 is 0 Å². The molecular weight excluding hydrogens is 404 g/mol. The Bertz CT molecular complexity index is 519. The van der Waals surface area contributed by atoms with Crippen LogP contribution >= 0.6 is 0 Å². The second-order valence-electron chi connectivity index (χ2n) is 11.2. The lowest BCUT2D eigenvalue weighted by Gasteiger charge is -2.26. The van der Waals surface area contributed by atoms with Crippen LogP contribution in [0.2, 0.25) is 0 Å². The molecule has 1 aromatic carbocycles. The molecule has 2 heteroatoms. The minimum absolute atomic E-state index is 0.168. The molecule has 1 atom stereocenters. The summed E-state index contributed by atoms with van der Waals surface area (Å²) in [5.74, 6) is 0. The van der Waals surface area contributed by atoms with Gasteiger partial charge in [-0.1, -0.05) is 148 Å². The summed E-state index contributed by atoms with van der Waals surface area (Å²) in [6.45, 7) is 11.4. The van der Waals surface area contributed by atoms with E-state index in [2.05, 4.69) is 58.0 Å². The minimum atomic E-state index is 0.168. The van der Waals surface area contributed by atoms with E-state index in [9.17, 15) is 0 Å². The number of unbranched alkanes of at least 4 members (excludes halogenated alkanes) is 14. The molecule has 0 aliphatic rings. The molecule has 1 aromatic rings. The maximum Gasteiger partial charge on any atom is 0.0818 e. The van der Waals surface area contributed by atoms with Gasteiger partial charge in [0.2, 0.25) is 0 Å². The van der Waals surface area contributed by atoms with Crippen molar-refractivity contribution in [1.82, 2.24) is 0 Å². The topological polar surface area (TPSA) is 18.5 Å². The van der Waals surface area contributed by atoms with E-state index in [-0.39, 0.29) is 11.5 Å². The van der Waals surface area contributed by atoms with Gasteiger partial charge in [0, 0.05) is 6.61 Å². The van der Waals surface area contributed by atoms with Crippen molar-refractivity contribution >= 4 is 0 Å². The number of hydrogen-bond acceptors (Lipinski definition) is 2. The van der Waals surface area contributed by atoms with Gasteiger partial charge in [-0.2, -0.15) is 0 Å². The van der Waals surface area contributed by atoms with Crippen LogP contribution in [0.3, 0.4) is 0 Å². The van der Waals surface area contributed by atoms with Gasteiger partial charge in [-0.15, -0.1) is 0 Å². The minimum Gasteiger partial charge on any atom is -0.379 e. The molecule has 1 rings (SSSR count). The molecule has 0 radical (unpaired) electrons. The highest BCUT2D eigenvalue weighted by molar-refractivity contribution is 5.13. The summed E-state index contributed by atoms with van der Waals surface area (Å²) in [5, 5.41) is 0. The first-order valence-corrected chi connectivity index (χ1v) is 14.2. The van der Waals surface area contributed by atoms with E-state index >= 15 is 0 Å². The third-order valence-corrected chi connectivity index (χ3v) is 6.36. The first kappa shape index (κ1) is 30.2. The number of hydrogen-bond donors (Lipinski definition) is 0. The first-order chi connectivity index (χ1) is 16.0. The van der Waals surface area contributed by atoms with Crippen molar-refractivity contribution in [2.45, 2.75) is 143 Å². The molecular formula is C31H56O2. The maximum atomic E-state index is 6.21. The lowest BCUT2D eigenvalue weighted by molar-refractivity contribution is -0.0430. The third kappa shape index (κ3) is 20.2. The van der Waals surface area contributed by atoms with Gasteiger partial charge in [-0.05, 0) is 23.8 Å². The van der Waals surface area contributed by atoms with Gasteiger partial charge < -0.3 is 9.47 Å². The van der Waals surface area contributed by atoms with E-state index in [0.29, 0.717) is 13.2 Å². The Kier molecular flexibility index (Phi) is 18.7. The fraction of sp³-hybridized carbons (Fsp3) is 0.806. The van der Waals surface area contributed by atoms with Gasteiger partial charge >= 0.3 is 0 Å². The Morgan fingerprint density at radius 2 is 1.15 bits per heavy atom. The molecule has 1 unspecified atom stereocenters. The fourth-order valence-electron chi connectivity index (χ4n) is 4.43. The van der Waals surface area contributed by atoms with E-state index in [1.165, 1.54) is 102 Å². The molecule has 0 heterocycles. The van der Waals surface area contributed by atoms with Crippen LogP contribution in [0.4, 0.5) is 0 Å². The van der Waals surface area contributed by atoms with Crippen LogP contribution in [0.25, 0.3) is 0 Å². The molecule has 0 aliphatic carbocycles. The summed E-state index contributed by atoms with van der Waals surface area (Å²) in [6, 6.07) is 10.5. The molecule has 0 fully saturated rings. The summed E-state index contributed by atoms with van der Waals surface area (Å²) >= 11 is 0. The van der Waals surface area contributed by atoms with Crippen LogP contribution in [-0.2, 0) is 16.1 Å². The third-order valence-electron chi connectivity index (χ3n) is 6.36. The number of rotatable bonds is 22. The second-order valence-corrected chi connectivity index (χ2v) is 11.2. The Balaban J connectivity index is 1.95. The molecule has 0 saturated heterocycles. The van der Waals surface area contributed by atoms with Crippen LogP contribution < -0.4 is 0 Å². The van der Waals surface area contributed by atoms with Gasteiger partial charge in [0.05, 0.1) is 19.3 Å². The predicted molar refractivity (Wildman–Crippen MR) is 145 cm³/mol. The standard InChI is InChI=1S/C31H56O2/c1-5-6-7-8-9-10-11-12-13-14-15-16-17-18-22-25-32-28-30(26-31(2,3)4)33-27-29-23-20-19-21-24-29/h19-21,23-24,30H,5-18,22,25-28H2,1-4H3. The summed E-state index contributed by atoms with van der Waals surface area (Å²) in [7, 11) is 0. The molecule has 0 amide bonds. The van der Waals surface area contributed by atoms with Crippen molar-refractivity contribution in [3.63, 3.8) is 0 Å². The first-order valence-electron chi connectivity index (χ1n) is 14.2. The maximum absolute atomic E-state index is 6.21. The van der Waals surface area contributed by atoms with Gasteiger partial charge in [-0.25, -0.2) is 0 Å². The summed E-state index contributed by atoms with van der Waals surface area (Å²) in [5.41, 5.74) is 1.48. The molecule has 0 N–H and O–H groups in total. The van der Waals surface area contributed by atoms with Gasteiger partial charge in [-0.3, -0.25) is 0 Å². The van der Waals surface area contributed by atoms with E-state index in [1.54, 1.807) is 0 Å². The summed E-state index contributed by atoms with van der Waals surface area (Å²) in [6.07, 6.45) is 22.2. The summed E-state index contributed by atoms with van der Waals surface area (Å²) in [4.78, 5) is 0. The zero-order chi connectivity index (χ0) is 24.0. The van der Waals surface area contributed by atoms with Crippen molar-refractivity contribution in [2.75, 3.05) is 13.2 Å². The largest absolute Gasteiger partial charge is 0.379 e. The van der Waals surface area contributed by atoms with Crippen LogP contribution in [0.5, 0.6) is 0 Å². The van der Waals surface area contributed by atoms with Crippen molar-refractivity contribution < 1.29 is 9.47 Å². The highest BCUT2D eigenvalue weighted by Gasteiger charge is 2.19. The quantitative estimate of drug-likeness (QED) is 0.160. The number of ether oxygens (including phenoxy) is 2. The van der Waals surface area contributed by atoms with Crippen molar-refractivity contribution in [3.05, 3.63) is 35.9 Å². The fourth-order valence-corrected chi connectivity index (χ4v) is 4.43.